The molecule has 2 amide bonds. The molecule has 168 valence electrons. The van der Waals surface area contributed by atoms with Crippen molar-refractivity contribution in [1.82, 2.24) is 4.90 Å². The normalized spacial score (nSPS) is 16.1. The number of likely N-dealkylation sites (tertiary alicyclic amines) is 1. The van der Waals surface area contributed by atoms with Crippen molar-refractivity contribution in [3.8, 4) is 0 Å². The van der Waals surface area contributed by atoms with Gasteiger partial charge in [0, 0.05) is 25.3 Å². The molecule has 1 heterocycles. The molecule has 1 saturated heterocycles. The number of aryl methyl sites for hydroxylation is 1. The van der Waals surface area contributed by atoms with E-state index in [1.807, 2.05) is 31.2 Å². The molecule has 0 aromatic heterocycles. The van der Waals surface area contributed by atoms with E-state index < -0.39 is 16.1 Å². The zero-order valence-corrected chi connectivity index (χ0v) is 19.1. The van der Waals surface area contributed by atoms with Gasteiger partial charge in [0.1, 0.15) is 0 Å². The molecule has 8 heteroatoms. The summed E-state index contributed by atoms with van der Waals surface area (Å²) in [7, 11) is -3.40. The van der Waals surface area contributed by atoms with Crippen LogP contribution in [0.1, 0.15) is 37.0 Å². The quantitative estimate of drug-likeness (QED) is 0.708. The minimum atomic E-state index is -3.40. The number of nitrogens with one attached hydrogen (secondary N) is 1. The van der Waals surface area contributed by atoms with E-state index in [4.69, 9.17) is 0 Å². The number of carbonyl (C=O) groups is 1. The number of anilines is 2. The first kappa shape index (κ1) is 23.1. The van der Waals surface area contributed by atoms with Gasteiger partial charge in [-0.05, 0) is 61.9 Å². The van der Waals surface area contributed by atoms with Gasteiger partial charge >= 0.3 is 6.03 Å². The minimum Gasteiger partial charge on any atom is -0.389 e. The number of amides is 2. The number of rotatable bonds is 6. The van der Waals surface area contributed by atoms with Gasteiger partial charge in [0.25, 0.3) is 0 Å². The number of piperidine rings is 1. The maximum Gasteiger partial charge on any atom is 0.321 e. The Labute approximate surface area is 184 Å². The molecule has 1 atom stereocenters. The lowest BCUT2D eigenvalue weighted by Crippen LogP contribution is -2.44. The maximum absolute atomic E-state index is 12.6. The molecule has 3 rings (SSSR count). The summed E-state index contributed by atoms with van der Waals surface area (Å²) in [5.41, 5.74) is 3.11. The first-order chi connectivity index (χ1) is 14.6. The van der Waals surface area contributed by atoms with Gasteiger partial charge in [0.2, 0.25) is 10.0 Å². The van der Waals surface area contributed by atoms with Crippen molar-refractivity contribution in [3.05, 3.63) is 59.7 Å². The Balaban J connectivity index is 1.58. The van der Waals surface area contributed by atoms with E-state index in [0.717, 1.165) is 24.0 Å². The van der Waals surface area contributed by atoms with Gasteiger partial charge in [0.05, 0.1) is 18.0 Å². The van der Waals surface area contributed by atoms with Crippen molar-refractivity contribution in [1.29, 1.82) is 0 Å². The van der Waals surface area contributed by atoms with E-state index in [1.165, 1.54) is 10.6 Å². The zero-order chi connectivity index (χ0) is 22.6. The van der Waals surface area contributed by atoms with Crippen molar-refractivity contribution in [2.45, 2.75) is 32.8 Å². The number of urea groups is 1. The summed E-state index contributed by atoms with van der Waals surface area (Å²) in [6, 6.07) is 14.5. The predicted molar refractivity (Wildman–Crippen MR) is 124 cm³/mol. The minimum absolute atomic E-state index is 0.165. The molecule has 0 spiro atoms. The second kappa shape index (κ2) is 9.70. The highest BCUT2D eigenvalue weighted by Crippen LogP contribution is 2.27. The molecule has 0 aliphatic carbocycles. The van der Waals surface area contributed by atoms with Crippen LogP contribution >= 0.6 is 0 Å². The summed E-state index contributed by atoms with van der Waals surface area (Å²) in [5, 5.41) is 12.5. The van der Waals surface area contributed by atoms with Crippen LogP contribution in [0.2, 0.25) is 0 Å². The second-order valence-corrected chi connectivity index (χ2v) is 10.1. The monoisotopic (exact) mass is 445 g/mol. The topological polar surface area (TPSA) is 89.9 Å². The van der Waals surface area contributed by atoms with Gasteiger partial charge < -0.3 is 15.3 Å². The molecule has 1 aliphatic rings. The van der Waals surface area contributed by atoms with Gasteiger partial charge in [-0.2, -0.15) is 0 Å². The fourth-order valence-corrected chi connectivity index (χ4v) is 4.90. The van der Waals surface area contributed by atoms with Crippen LogP contribution in [0.25, 0.3) is 0 Å². The van der Waals surface area contributed by atoms with Crippen molar-refractivity contribution in [2.75, 3.05) is 35.5 Å². The summed E-state index contributed by atoms with van der Waals surface area (Å²) in [6.07, 6.45) is 2.18. The lowest BCUT2D eigenvalue weighted by Gasteiger charge is -2.35. The maximum atomic E-state index is 12.6. The van der Waals surface area contributed by atoms with Crippen molar-refractivity contribution >= 4 is 27.4 Å². The largest absolute Gasteiger partial charge is 0.389 e. The van der Waals surface area contributed by atoms with E-state index in [0.29, 0.717) is 31.0 Å². The van der Waals surface area contributed by atoms with Gasteiger partial charge in [-0.15, -0.1) is 0 Å². The molecule has 0 bridgehead atoms. The van der Waals surface area contributed by atoms with Crippen LogP contribution in [0.15, 0.2) is 48.5 Å². The van der Waals surface area contributed by atoms with Crippen LogP contribution in [0, 0.1) is 12.8 Å². The smallest absolute Gasteiger partial charge is 0.321 e. The van der Waals surface area contributed by atoms with Gasteiger partial charge in [0.15, 0.2) is 0 Å². The first-order valence-corrected chi connectivity index (χ1v) is 12.4. The summed E-state index contributed by atoms with van der Waals surface area (Å²) in [4.78, 5) is 14.4. The molecular weight excluding hydrogens is 414 g/mol. The Morgan fingerprint density at radius 2 is 1.77 bits per heavy atom. The van der Waals surface area contributed by atoms with Gasteiger partial charge in [-0.25, -0.2) is 13.2 Å². The SMILES string of the molecule is Cc1ccccc1N(CC1CCN(C(=O)Nc2ccc(C(C)O)cc2)CC1)S(C)(=O)=O. The molecular formula is C23H31N3O4S. The number of para-hydroxylation sites is 1. The van der Waals surface area contributed by atoms with Crippen molar-refractivity contribution in [3.63, 3.8) is 0 Å². The Morgan fingerprint density at radius 3 is 2.32 bits per heavy atom. The number of hydrogen-bond donors (Lipinski definition) is 2. The molecule has 1 unspecified atom stereocenters. The van der Waals surface area contributed by atoms with E-state index in [-0.39, 0.29) is 11.9 Å². The highest BCUT2D eigenvalue weighted by atomic mass is 32.2. The van der Waals surface area contributed by atoms with Crippen LogP contribution in [0.3, 0.4) is 0 Å². The fourth-order valence-electron chi connectivity index (χ4n) is 3.86. The molecule has 1 aliphatic heterocycles. The molecule has 0 radical (unpaired) electrons. The Hall–Kier alpha value is -2.58. The van der Waals surface area contributed by atoms with Crippen LogP contribution in [-0.2, 0) is 10.0 Å². The van der Waals surface area contributed by atoms with E-state index >= 15 is 0 Å². The molecule has 1 fully saturated rings. The number of sulfonamides is 1. The highest BCUT2D eigenvalue weighted by molar-refractivity contribution is 7.92. The highest BCUT2D eigenvalue weighted by Gasteiger charge is 2.28. The zero-order valence-electron chi connectivity index (χ0n) is 18.3. The Morgan fingerprint density at radius 1 is 1.16 bits per heavy atom. The third-order valence-corrected chi connectivity index (χ3v) is 6.90. The summed E-state index contributed by atoms with van der Waals surface area (Å²) >= 11 is 0. The van der Waals surface area contributed by atoms with Crippen LogP contribution < -0.4 is 9.62 Å². The number of aliphatic hydroxyl groups excluding tert-OH is 1. The Bertz CT molecular complexity index is 998. The summed E-state index contributed by atoms with van der Waals surface area (Å²) < 4.78 is 26.4. The molecule has 2 aromatic rings. The average Bonchev–Trinajstić information content (AvgIpc) is 2.72. The standard InChI is InChI=1S/C23H31N3O4S/c1-17-6-4-5-7-22(17)26(31(3,29)30)16-19-12-14-25(15-13-19)23(28)24-21-10-8-20(9-11-21)18(2)27/h4-11,18-19,27H,12-16H2,1-3H3,(H,24,28). The number of nitrogens with zero attached hydrogens (tertiary/aromatic N) is 2. The van der Waals surface area contributed by atoms with Gasteiger partial charge in [-0.3, -0.25) is 4.31 Å². The number of hydrogen-bond acceptors (Lipinski definition) is 4. The van der Waals surface area contributed by atoms with Crippen LogP contribution in [0.5, 0.6) is 0 Å². The van der Waals surface area contributed by atoms with Crippen LogP contribution in [0.4, 0.5) is 16.2 Å². The molecule has 2 aromatic carbocycles. The molecule has 2 N–H and O–H groups in total. The van der Waals surface area contributed by atoms with Crippen LogP contribution in [-0.4, -0.2) is 50.3 Å². The lowest BCUT2D eigenvalue weighted by atomic mass is 9.96. The number of aliphatic hydroxyl groups is 1. The van der Waals surface area contributed by atoms with Crippen molar-refractivity contribution < 1.29 is 18.3 Å². The lowest BCUT2D eigenvalue weighted by molar-refractivity contribution is 0.184. The Kier molecular flexibility index (Phi) is 7.23. The number of carbonyl (C=O) groups excluding carboxylic acids is 1. The number of benzene rings is 2. The molecule has 31 heavy (non-hydrogen) atoms. The average molecular weight is 446 g/mol. The first-order valence-electron chi connectivity index (χ1n) is 10.5. The predicted octanol–water partition coefficient (Wildman–Crippen LogP) is 3.76. The second-order valence-electron chi connectivity index (χ2n) is 8.24. The van der Waals surface area contributed by atoms with Gasteiger partial charge in [-0.1, -0.05) is 30.3 Å². The fraction of sp³-hybridized carbons (Fsp3) is 0.435. The third kappa shape index (κ3) is 5.98. The third-order valence-electron chi connectivity index (χ3n) is 5.75. The van der Waals surface area contributed by atoms with Crippen molar-refractivity contribution in [2.24, 2.45) is 5.92 Å². The molecule has 0 saturated carbocycles. The molecule has 7 nitrogen and oxygen atoms in total. The van der Waals surface area contributed by atoms with E-state index in [2.05, 4.69) is 5.32 Å². The van der Waals surface area contributed by atoms with E-state index in [9.17, 15) is 18.3 Å². The summed E-state index contributed by atoms with van der Waals surface area (Å²) in [6.45, 7) is 5.18. The summed E-state index contributed by atoms with van der Waals surface area (Å²) in [5.74, 6) is 0.184. The van der Waals surface area contributed by atoms with E-state index in [1.54, 1.807) is 36.1 Å².